The second-order valence-corrected chi connectivity index (χ2v) is 7.78. The predicted molar refractivity (Wildman–Crippen MR) is 121 cm³/mol. The third-order valence-electron chi connectivity index (χ3n) is 4.78. The van der Waals surface area contributed by atoms with Crippen LogP contribution < -0.4 is 4.90 Å². The third kappa shape index (κ3) is 5.50. The van der Waals surface area contributed by atoms with Crippen LogP contribution >= 0.6 is 0 Å². The topological polar surface area (TPSA) is 21.2 Å². The fraction of sp³-hybridized carbons (Fsp3) is 0.280. The zero-order valence-corrected chi connectivity index (χ0v) is 18.6. The molecule has 1 heterocycles. The minimum atomic E-state index is -4.70. The van der Waals surface area contributed by atoms with E-state index in [9.17, 15) is 13.2 Å². The lowest BCUT2D eigenvalue weighted by Gasteiger charge is -2.26. The van der Waals surface area contributed by atoms with Crippen LogP contribution in [-0.2, 0) is 4.74 Å². The number of halogens is 3. The van der Waals surface area contributed by atoms with Crippen LogP contribution in [0.15, 0.2) is 76.9 Å². The van der Waals surface area contributed by atoms with E-state index >= 15 is 0 Å². The lowest BCUT2D eigenvalue weighted by molar-refractivity contribution is -0.0919. The minimum absolute atomic E-state index is 0.0411. The normalized spacial score (nSPS) is 18.0. The van der Waals surface area contributed by atoms with Gasteiger partial charge in [-0.05, 0) is 38.5 Å². The van der Waals surface area contributed by atoms with Crippen molar-refractivity contribution in [2.24, 2.45) is 0 Å². The summed E-state index contributed by atoms with van der Waals surface area (Å²) in [5.74, 6) is -0.102. The maximum absolute atomic E-state index is 13.9. The third-order valence-corrected chi connectivity index (χ3v) is 4.78. The SMILES string of the molecule is [C-]#[N+]C(C)=C1OC(C)(C)C(C(=CC=CC=Cc2ccc(N(C)C)cc2)C(F)(F)F)=C1[N+]#[C-]. The molecule has 1 aromatic rings. The summed E-state index contributed by atoms with van der Waals surface area (Å²) in [7, 11) is 3.87. The van der Waals surface area contributed by atoms with E-state index in [0.29, 0.717) is 0 Å². The molecule has 0 bridgehead atoms. The molecule has 0 radical (unpaired) electrons. The monoisotopic (exact) mass is 439 g/mol. The summed E-state index contributed by atoms with van der Waals surface area (Å²) in [5.41, 5.74) is -0.931. The summed E-state index contributed by atoms with van der Waals surface area (Å²) >= 11 is 0. The highest BCUT2D eigenvalue weighted by Crippen LogP contribution is 2.48. The second kappa shape index (κ2) is 9.62. The lowest BCUT2D eigenvalue weighted by atomic mass is 9.90. The van der Waals surface area contributed by atoms with Gasteiger partial charge in [0.15, 0.2) is 5.70 Å². The minimum Gasteiger partial charge on any atom is -0.507 e. The van der Waals surface area contributed by atoms with Gasteiger partial charge in [0, 0.05) is 25.4 Å². The first-order chi connectivity index (χ1) is 14.9. The van der Waals surface area contributed by atoms with E-state index in [1.165, 1.54) is 32.9 Å². The maximum atomic E-state index is 13.9. The number of rotatable bonds is 5. The molecule has 0 fully saturated rings. The van der Waals surface area contributed by atoms with Crippen LogP contribution in [0.5, 0.6) is 0 Å². The van der Waals surface area contributed by atoms with Gasteiger partial charge in [0.05, 0.1) is 18.7 Å². The van der Waals surface area contributed by atoms with E-state index < -0.39 is 17.4 Å². The number of hydrogen-bond acceptors (Lipinski definition) is 2. The smallest absolute Gasteiger partial charge is 0.415 e. The van der Waals surface area contributed by atoms with E-state index in [0.717, 1.165) is 17.3 Å². The van der Waals surface area contributed by atoms with Crippen molar-refractivity contribution in [3.63, 3.8) is 0 Å². The summed E-state index contributed by atoms with van der Waals surface area (Å²) in [6.45, 7) is 18.9. The van der Waals surface area contributed by atoms with Gasteiger partial charge in [-0.2, -0.15) is 13.2 Å². The molecule has 32 heavy (non-hydrogen) atoms. The zero-order chi connectivity index (χ0) is 24.1. The van der Waals surface area contributed by atoms with Crippen LogP contribution in [0, 0.1) is 13.1 Å². The predicted octanol–water partition coefficient (Wildman–Crippen LogP) is 6.94. The Hall–Kier alpha value is -3.71. The number of ether oxygens (including phenoxy) is 1. The number of benzene rings is 1. The molecule has 1 aromatic carbocycles. The Balaban J connectivity index is 2.42. The van der Waals surface area contributed by atoms with Crippen molar-refractivity contribution in [2.45, 2.75) is 32.5 Å². The summed E-state index contributed by atoms with van der Waals surface area (Å²) in [5, 5.41) is 0. The Morgan fingerprint density at radius 2 is 1.69 bits per heavy atom. The molecule has 0 amide bonds. The van der Waals surface area contributed by atoms with Crippen molar-refractivity contribution in [1.29, 1.82) is 0 Å². The van der Waals surface area contributed by atoms with Gasteiger partial charge in [-0.1, -0.05) is 42.5 Å². The van der Waals surface area contributed by atoms with E-state index in [-0.39, 0.29) is 22.7 Å². The number of nitrogens with zero attached hydrogens (tertiary/aromatic N) is 3. The molecule has 0 atom stereocenters. The first kappa shape index (κ1) is 24.6. The van der Waals surface area contributed by atoms with Gasteiger partial charge in [-0.15, -0.1) is 0 Å². The van der Waals surface area contributed by atoms with Crippen molar-refractivity contribution in [1.82, 2.24) is 0 Å². The van der Waals surface area contributed by atoms with Crippen LogP contribution in [0.1, 0.15) is 26.3 Å². The molecule has 2 rings (SSSR count). The summed E-state index contributed by atoms with van der Waals surface area (Å²) in [6.07, 6.45) is 2.42. The van der Waals surface area contributed by atoms with Crippen LogP contribution in [0.3, 0.4) is 0 Å². The summed E-state index contributed by atoms with van der Waals surface area (Å²) < 4.78 is 47.4. The summed E-state index contributed by atoms with van der Waals surface area (Å²) in [4.78, 5) is 8.46. The standard InChI is InChI=1S/C25H24F3N3O/c1-17(29-4)23-22(30-5)21(24(2,3)32-23)20(25(26,27)28)12-10-8-9-11-18-13-15-19(16-14-18)31(6)7/h8-16H,1-3,6-7H3. The Morgan fingerprint density at radius 3 is 2.19 bits per heavy atom. The fourth-order valence-electron chi connectivity index (χ4n) is 3.19. The molecule has 1 aliphatic rings. The molecule has 0 aliphatic carbocycles. The van der Waals surface area contributed by atoms with E-state index in [2.05, 4.69) is 9.69 Å². The van der Waals surface area contributed by atoms with Crippen molar-refractivity contribution >= 4 is 11.8 Å². The molecule has 7 heteroatoms. The van der Waals surface area contributed by atoms with Gasteiger partial charge in [0.1, 0.15) is 11.4 Å². The highest BCUT2D eigenvalue weighted by molar-refractivity contribution is 5.59. The molecule has 0 saturated carbocycles. The number of hydrogen-bond donors (Lipinski definition) is 0. The Labute approximate surface area is 186 Å². The van der Waals surface area contributed by atoms with E-state index in [4.69, 9.17) is 17.9 Å². The summed E-state index contributed by atoms with van der Waals surface area (Å²) in [6, 6.07) is 7.72. The van der Waals surface area contributed by atoms with E-state index in [1.807, 2.05) is 43.3 Å². The van der Waals surface area contributed by atoms with Crippen LogP contribution in [0.2, 0.25) is 0 Å². The van der Waals surface area contributed by atoms with Gasteiger partial charge in [0.25, 0.3) is 0 Å². The van der Waals surface area contributed by atoms with E-state index in [1.54, 1.807) is 12.2 Å². The Kier molecular flexibility index (Phi) is 7.38. The van der Waals surface area contributed by atoms with Gasteiger partial charge < -0.3 is 9.64 Å². The quantitative estimate of drug-likeness (QED) is 0.366. The maximum Gasteiger partial charge on any atom is 0.415 e. The first-order valence-corrected chi connectivity index (χ1v) is 9.72. The average Bonchev–Trinajstić information content (AvgIpc) is 2.99. The van der Waals surface area contributed by atoms with Crippen molar-refractivity contribution in [2.75, 3.05) is 19.0 Å². The highest BCUT2D eigenvalue weighted by Gasteiger charge is 2.48. The average molecular weight is 439 g/mol. The lowest BCUT2D eigenvalue weighted by Crippen LogP contribution is -2.28. The first-order valence-electron chi connectivity index (χ1n) is 9.72. The van der Waals surface area contributed by atoms with Crippen LogP contribution in [0.25, 0.3) is 15.8 Å². The number of allylic oxidation sites excluding steroid dienone is 5. The Morgan fingerprint density at radius 1 is 1.06 bits per heavy atom. The van der Waals surface area contributed by atoms with Crippen molar-refractivity contribution in [3.05, 3.63) is 105 Å². The molecule has 0 saturated heterocycles. The van der Waals surface area contributed by atoms with Crippen molar-refractivity contribution in [3.8, 4) is 0 Å². The van der Waals surface area contributed by atoms with Crippen LogP contribution in [0.4, 0.5) is 18.9 Å². The van der Waals surface area contributed by atoms with Gasteiger partial charge in [-0.3, -0.25) is 0 Å². The molecule has 0 unspecified atom stereocenters. The molecule has 4 nitrogen and oxygen atoms in total. The number of anilines is 1. The largest absolute Gasteiger partial charge is 0.507 e. The fourth-order valence-corrected chi connectivity index (χ4v) is 3.19. The van der Waals surface area contributed by atoms with Crippen molar-refractivity contribution < 1.29 is 17.9 Å². The molecular weight excluding hydrogens is 415 g/mol. The van der Waals surface area contributed by atoms with Gasteiger partial charge in [-0.25, -0.2) is 9.69 Å². The zero-order valence-electron chi connectivity index (χ0n) is 18.6. The molecule has 0 N–H and O–H groups in total. The molecule has 0 aromatic heterocycles. The van der Waals surface area contributed by atoms with Gasteiger partial charge in [0.2, 0.25) is 5.70 Å². The van der Waals surface area contributed by atoms with Crippen LogP contribution in [-0.4, -0.2) is 25.9 Å². The number of alkyl halides is 3. The molecular formula is C25H24F3N3O. The molecule has 0 spiro atoms. The highest BCUT2D eigenvalue weighted by atomic mass is 19.4. The Bertz CT molecular complexity index is 1100. The van der Waals surface area contributed by atoms with Gasteiger partial charge >= 0.3 is 6.18 Å². The molecule has 166 valence electrons. The second-order valence-electron chi connectivity index (χ2n) is 7.78. The molecule has 1 aliphatic heterocycles.